The lowest BCUT2D eigenvalue weighted by Crippen LogP contribution is -2.41. The largest absolute Gasteiger partial charge is 0.378 e. The molecule has 2 heterocycles. The molecule has 0 saturated carbocycles. The van der Waals surface area contributed by atoms with E-state index < -0.39 is 11.7 Å². The Hall–Kier alpha value is -3.40. The molecule has 0 atom stereocenters. The molecular weight excluding hydrogens is 505 g/mol. The van der Waals surface area contributed by atoms with Gasteiger partial charge in [0.15, 0.2) is 0 Å². The Kier molecular flexibility index (Phi) is 6.95. The van der Waals surface area contributed by atoms with Gasteiger partial charge in [-0.25, -0.2) is 4.39 Å². The second kappa shape index (κ2) is 10.3. The monoisotopic (exact) mass is 525 g/mol. The van der Waals surface area contributed by atoms with Crippen LogP contribution in [0.4, 0.5) is 15.8 Å². The van der Waals surface area contributed by atoms with Crippen LogP contribution < -0.4 is 10.2 Å². The van der Waals surface area contributed by atoms with Crippen molar-refractivity contribution in [3.8, 4) is 0 Å². The van der Waals surface area contributed by atoms with Gasteiger partial charge in [-0.05, 0) is 48.5 Å². The predicted molar refractivity (Wildman–Crippen MR) is 135 cm³/mol. The summed E-state index contributed by atoms with van der Waals surface area (Å²) < 4.78 is 18.9. The van der Waals surface area contributed by atoms with Gasteiger partial charge in [-0.3, -0.25) is 19.3 Å². The summed E-state index contributed by atoms with van der Waals surface area (Å²) in [4.78, 5) is 44.3. The normalized spacial score (nSPS) is 15.1. The summed E-state index contributed by atoms with van der Waals surface area (Å²) >= 11 is 7.23. The zero-order chi connectivity index (χ0) is 25.2. The maximum atomic E-state index is 13.6. The molecule has 36 heavy (non-hydrogen) atoms. The highest BCUT2D eigenvalue weighted by molar-refractivity contribution is 7.99. The first-order chi connectivity index (χ1) is 17.4. The number of rotatable bonds is 4. The number of anilines is 2. The van der Waals surface area contributed by atoms with E-state index in [2.05, 4.69) is 5.32 Å². The van der Waals surface area contributed by atoms with Crippen molar-refractivity contribution in [2.45, 2.75) is 9.79 Å². The highest BCUT2D eigenvalue weighted by Gasteiger charge is 2.30. The van der Waals surface area contributed by atoms with Gasteiger partial charge in [0.1, 0.15) is 12.4 Å². The van der Waals surface area contributed by atoms with Crippen LogP contribution in [0.25, 0.3) is 0 Å². The van der Waals surface area contributed by atoms with Crippen molar-refractivity contribution >= 4 is 52.5 Å². The molecule has 3 amide bonds. The Morgan fingerprint density at radius 3 is 2.58 bits per heavy atom. The van der Waals surface area contributed by atoms with Crippen molar-refractivity contribution in [2.24, 2.45) is 0 Å². The summed E-state index contributed by atoms with van der Waals surface area (Å²) in [6.45, 7) is 1.60. The molecule has 5 rings (SSSR count). The molecule has 0 bridgehead atoms. The van der Waals surface area contributed by atoms with Crippen LogP contribution in [-0.4, -0.2) is 55.5 Å². The first kappa shape index (κ1) is 24.3. The second-order valence-electron chi connectivity index (χ2n) is 8.25. The van der Waals surface area contributed by atoms with Crippen LogP contribution in [0.3, 0.4) is 0 Å². The van der Waals surface area contributed by atoms with Gasteiger partial charge in [0, 0.05) is 34.1 Å². The number of hydrogen-bond acceptors (Lipinski definition) is 5. The van der Waals surface area contributed by atoms with Crippen LogP contribution in [-0.2, 0) is 9.53 Å². The number of nitrogens with one attached hydrogen (secondary N) is 1. The summed E-state index contributed by atoms with van der Waals surface area (Å²) in [6.07, 6.45) is 0. The first-order valence-electron chi connectivity index (χ1n) is 11.3. The van der Waals surface area contributed by atoms with E-state index in [0.29, 0.717) is 48.8 Å². The average molecular weight is 526 g/mol. The summed E-state index contributed by atoms with van der Waals surface area (Å²) in [5.74, 6) is -1.62. The lowest BCUT2D eigenvalue weighted by Gasteiger charge is -2.28. The van der Waals surface area contributed by atoms with Gasteiger partial charge in [-0.2, -0.15) is 0 Å². The Bertz CT molecular complexity index is 1360. The lowest BCUT2D eigenvalue weighted by molar-refractivity contribution is -0.114. The van der Waals surface area contributed by atoms with E-state index in [1.165, 1.54) is 28.8 Å². The van der Waals surface area contributed by atoms with Crippen LogP contribution in [0.1, 0.15) is 20.7 Å². The number of halogens is 2. The van der Waals surface area contributed by atoms with E-state index >= 15 is 0 Å². The molecule has 3 aromatic carbocycles. The van der Waals surface area contributed by atoms with Crippen LogP contribution >= 0.6 is 23.4 Å². The predicted octanol–water partition coefficient (Wildman–Crippen LogP) is 4.70. The fourth-order valence-electron chi connectivity index (χ4n) is 4.08. The quantitative estimate of drug-likeness (QED) is 0.534. The Labute approximate surface area is 216 Å². The summed E-state index contributed by atoms with van der Waals surface area (Å²) in [5, 5.41) is 2.54. The number of amides is 3. The number of nitrogens with zero attached hydrogens (tertiary/aromatic N) is 2. The van der Waals surface area contributed by atoms with Crippen molar-refractivity contribution in [1.29, 1.82) is 0 Å². The molecule has 0 radical (unpaired) electrons. The zero-order valence-corrected chi connectivity index (χ0v) is 20.6. The molecule has 10 heteroatoms. The van der Waals surface area contributed by atoms with Crippen LogP contribution in [0, 0.1) is 5.82 Å². The highest BCUT2D eigenvalue weighted by Crippen LogP contribution is 2.42. The lowest BCUT2D eigenvalue weighted by atomic mass is 10.1. The molecule has 0 spiro atoms. The number of morpholine rings is 1. The van der Waals surface area contributed by atoms with Crippen LogP contribution in [0.2, 0.25) is 5.02 Å². The summed E-state index contributed by atoms with van der Waals surface area (Å²) in [7, 11) is 0. The van der Waals surface area contributed by atoms with Crippen molar-refractivity contribution in [3.63, 3.8) is 0 Å². The van der Waals surface area contributed by atoms with Crippen molar-refractivity contribution in [1.82, 2.24) is 4.90 Å². The number of ether oxygens (including phenoxy) is 1. The summed E-state index contributed by atoms with van der Waals surface area (Å²) in [5.41, 5.74) is 1.65. The van der Waals surface area contributed by atoms with Gasteiger partial charge in [0.25, 0.3) is 11.8 Å². The zero-order valence-electron chi connectivity index (χ0n) is 19.0. The molecular formula is C26H21ClFN3O4S. The third-order valence-corrected chi connectivity index (χ3v) is 7.31. The molecule has 184 valence electrons. The highest BCUT2D eigenvalue weighted by atomic mass is 35.5. The van der Waals surface area contributed by atoms with Gasteiger partial charge in [0.05, 0.1) is 29.5 Å². The van der Waals surface area contributed by atoms with E-state index in [9.17, 15) is 18.8 Å². The average Bonchev–Trinajstić information content (AvgIpc) is 3.00. The molecule has 2 aliphatic heterocycles. The fourth-order valence-corrected chi connectivity index (χ4v) is 5.32. The topological polar surface area (TPSA) is 79.0 Å². The van der Waals surface area contributed by atoms with Gasteiger partial charge in [0.2, 0.25) is 5.91 Å². The van der Waals surface area contributed by atoms with E-state index in [4.69, 9.17) is 16.3 Å². The Balaban J connectivity index is 1.49. The maximum Gasteiger partial charge on any atom is 0.259 e. The molecule has 1 N–H and O–H groups in total. The van der Waals surface area contributed by atoms with Gasteiger partial charge in [-0.1, -0.05) is 35.5 Å². The smallest absolute Gasteiger partial charge is 0.259 e. The number of carbonyl (C=O) groups excluding carboxylic acids is 3. The standard InChI is InChI=1S/C26H21ClFN3O4S/c27-19-14-17(6-7-20(19)28)29-24(32)15-31-21-13-16(25(33)30-9-11-35-12-10-30)5-8-23(21)36-22-4-2-1-3-18(22)26(31)34/h1-8,13-14H,9-12,15H2,(H,29,32). The molecule has 3 aromatic rings. The minimum absolute atomic E-state index is 0.124. The molecule has 1 fully saturated rings. The number of hydrogen-bond donors (Lipinski definition) is 1. The second-order valence-corrected chi connectivity index (χ2v) is 9.74. The first-order valence-corrected chi connectivity index (χ1v) is 12.4. The van der Waals surface area contributed by atoms with E-state index in [-0.39, 0.29) is 23.4 Å². The number of fused-ring (bicyclic) bond motifs is 2. The molecule has 1 saturated heterocycles. The Morgan fingerprint density at radius 2 is 1.81 bits per heavy atom. The third kappa shape index (κ3) is 4.95. The minimum Gasteiger partial charge on any atom is -0.378 e. The molecule has 0 aromatic heterocycles. The van der Waals surface area contributed by atoms with Crippen molar-refractivity contribution < 1.29 is 23.5 Å². The number of benzene rings is 3. The third-order valence-electron chi connectivity index (χ3n) is 5.88. The minimum atomic E-state index is -0.600. The van der Waals surface area contributed by atoms with E-state index in [1.54, 1.807) is 35.2 Å². The molecule has 0 unspecified atom stereocenters. The Morgan fingerprint density at radius 1 is 1.03 bits per heavy atom. The van der Waals surface area contributed by atoms with Crippen LogP contribution in [0.5, 0.6) is 0 Å². The SMILES string of the molecule is O=C(CN1C(=O)c2ccccc2Sc2ccc(C(=O)N3CCOCC3)cc21)Nc1ccc(F)c(Cl)c1. The molecule has 2 aliphatic rings. The fraction of sp³-hybridized carbons (Fsp3) is 0.192. The molecule has 0 aliphatic carbocycles. The van der Waals surface area contributed by atoms with Gasteiger partial charge >= 0.3 is 0 Å². The number of carbonyl (C=O) groups is 3. The maximum absolute atomic E-state index is 13.6. The van der Waals surface area contributed by atoms with Gasteiger partial charge in [-0.15, -0.1) is 0 Å². The van der Waals surface area contributed by atoms with Crippen LogP contribution in [0.15, 0.2) is 70.5 Å². The molecule has 7 nitrogen and oxygen atoms in total. The van der Waals surface area contributed by atoms with Crippen molar-refractivity contribution in [3.05, 3.63) is 82.6 Å². The van der Waals surface area contributed by atoms with E-state index in [1.807, 2.05) is 12.1 Å². The summed E-state index contributed by atoms with van der Waals surface area (Å²) in [6, 6.07) is 16.2. The van der Waals surface area contributed by atoms with Gasteiger partial charge < -0.3 is 15.0 Å². The van der Waals surface area contributed by atoms with Crippen molar-refractivity contribution in [2.75, 3.05) is 43.1 Å². The van der Waals surface area contributed by atoms with E-state index in [0.717, 1.165) is 15.9 Å².